The molecule has 0 N–H and O–H groups in total. The molecule has 0 unspecified atom stereocenters. The van der Waals surface area contributed by atoms with Crippen molar-refractivity contribution in [2.24, 2.45) is 0 Å². The van der Waals surface area contributed by atoms with Crippen molar-refractivity contribution < 1.29 is 13.9 Å². The first-order valence-electron chi connectivity index (χ1n) is 5.48. The van der Waals surface area contributed by atoms with Crippen LogP contribution in [0, 0.1) is 0 Å². The van der Waals surface area contributed by atoms with E-state index in [1.54, 1.807) is 6.92 Å². The van der Waals surface area contributed by atoms with Crippen LogP contribution in [-0.4, -0.2) is 34.2 Å². The number of hydrogen-bond acceptors (Lipinski definition) is 5. The zero-order valence-electron chi connectivity index (χ0n) is 9.80. The lowest BCUT2D eigenvalue weighted by Crippen LogP contribution is -2.08. The predicted octanol–water partition coefficient (Wildman–Crippen LogP) is 2.15. The maximum Gasteiger partial charge on any atom is 0.361 e. The first-order chi connectivity index (χ1) is 8.77. The Bertz CT molecular complexity index is 524. The number of carbonyl (C=O) groups is 1. The highest BCUT2D eigenvalue weighted by molar-refractivity contribution is 7.13. The van der Waals surface area contributed by atoms with Crippen molar-refractivity contribution in [2.75, 3.05) is 13.3 Å². The number of hydrogen-bond donors (Lipinski definition) is 0. The van der Waals surface area contributed by atoms with E-state index in [0.717, 1.165) is 4.88 Å². The highest BCUT2D eigenvalue weighted by atomic mass is 32.1. The summed E-state index contributed by atoms with van der Waals surface area (Å²) in [7, 11) is 0. The average molecular weight is 269 g/mol. The standard InChI is InChI=1S/C11H12FN3O2S/c1-2-17-11(16)9-10(8-4-3-7-18-8)15(6-5-12)14-13-9/h3-4,7H,2,5-6H2,1H3. The van der Waals surface area contributed by atoms with Gasteiger partial charge in [0.05, 0.1) is 18.0 Å². The fraction of sp³-hybridized carbons (Fsp3) is 0.364. The van der Waals surface area contributed by atoms with E-state index >= 15 is 0 Å². The summed E-state index contributed by atoms with van der Waals surface area (Å²) < 4.78 is 18.8. The van der Waals surface area contributed by atoms with E-state index in [1.165, 1.54) is 16.0 Å². The molecule has 2 heterocycles. The molecular formula is C11H12FN3O2S. The molecule has 0 bridgehead atoms. The Morgan fingerprint density at radius 2 is 2.44 bits per heavy atom. The normalized spacial score (nSPS) is 10.6. The van der Waals surface area contributed by atoms with Gasteiger partial charge >= 0.3 is 5.97 Å². The van der Waals surface area contributed by atoms with E-state index in [9.17, 15) is 9.18 Å². The second kappa shape index (κ2) is 5.72. The Morgan fingerprint density at radius 1 is 1.61 bits per heavy atom. The van der Waals surface area contributed by atoms with E-state index in [1.807, 2.05) is 17.5 Å². The molecule has 96 valence electrons. The van der Waals surface area contributed by atoms with Gasteiger partial charge in [-0.2, -0.15) is 0 Å². The van der Waals surface area contributed by atoms with Crippen LogP contribution in [0.3, 0.4) is 0 Å². The number of aromatic nitrogens is 3. The van der Waals surface area contributed by atoms with Gasteiger partial charge in [-0.1, -0.05) is 11.3 Å². The van der Waals surface area contributed by atoms with E-state index in [4.69, 9.17) is 4.74 Å². The molecule has 7 heteroatoms. The molecule has 0 aromatic carbocycles. The third-order valence-corrected chi connectivity index (χ3v) is 3.13. The topological polar surface area (TPSA) is 57.0 Å². The molecule has 2 aromatic rings. The molecule has 2 aromatic heterocycles. The zero-order chi connectivity index (χ0) is 13.0. The van der Waals surface area contributed by atoms with Gasteiger partial charge < -0.3 is 4.74 Å². The summed E-state index contributed by atoms with van der Waals surface area (Å²) in [6, 6.07) is 3.68. The van der Waals surface area contributed by atoms with Crippen molar-refractivity contribution in [2.45, 2.75) is 13.5 Å². The number of rotatable bonds is 5. The average Bonchev–Trinajstić information content (AvgIpc) is 2.97. The second-order valence-electron chi connectivity index (χ2n) is 3.40. The van der Waals surface area contributed by atoms with Crippen LogP contribution in [0.15, 0.2) is 17.5 Å². The first-order valence-corrected chi connectivity index (χ1v) is 6.36. The van der Waals surface area contributed by atoms with Crippen LogP contribution in [0.1, 0.15) is 17.4 Å². The van der Waals surface area contributed by atoms with Crippen LogP contribution in [0.4, 0.5) is 4.39 Å². The van der Waals surface area contributed by atoms with Gasteiger partial charge in [0.15, 0.2) is 5.69 Å². The number of ether oxygens (including phenoxy) is 1. The van der Waals surface area contributed by atoms with Gasteiger partial charge in [0.25, 0.3) is 0 Å². The van der Waals surface area contributed by atoms with Gasteiger partial charge in [0, 0.05) is 0 Å². The van der Waals surface area contributed by atoms with Crippen molar-refractivity contribution in [3.05, 3.63) is 23.2 Å². The fourth-order valence-electron chi connectivity index (χ4n) is 1.54. The third-order valence-electron chi connectivity index (χ3n) is 2.25. The minimum absolute atomic E-state index is 0.0691. The molecule has 0 spiro atoms. The molecule has 0 aliphatic rings. The van der Waals surface area contributed by atoms with Gasteiger partial charge in [-0.3, -0.25) is 0 Å². The zero-order valence-corrected chi connectivity index (χ0v) is 10.6. The van der Waals surface area contributed by atoms with Gasteiger partial charge in [0.1, 0.15) is 12.4 Å². The van der Waals surface area contributed by atoms with Crippen LogP contribution in [0.5, 0.6) is 0 Å². The SMILES string of the molecule is CCOC(=O)c1nnn(CCF)c1-c1cccs1. The van der Waals surface area contributed by atoms with Crippen LogP contribution >= 0.6 is 11.3 Å². The Labute approximate surface area is 107 Å². The Balaban J connectivity index is 2.44. The van der Waals surface area contributed by atoms with E-state index in [2.05, 4.69) is 10.3 Å². The highest BCUT2D eigenvalue weighted by Crippen LogP contribution is 2.27. The number of carbonyl (C=O) groups excluding carboxylic acids is 1. The van der Waals surface area contributed by atoms with Crippen LogP contribution in [0.2, 0.25) is 0 Å². The number of halogens is 1. The largest absolute Gasteiger partial charge is 0.461 e. The predicted molar refractivity (Wildman–Crippen MR) is 65.3 cm³/mol. The molecule has 18 heavy (non-hydrogen) atoms. The number of esters is 1. The first kappa shape index (κ1) is 12.7. The summed E-state index contributed by atoms with van der Waals surface area (Å²) >= 11 is 1.44. The Morgan fingerprint density at radius 3 is 3.06 bits per heavy atom. The van der Waals surface area contributed by atoms with Crippen molar-refractivity contribution in [3.8, 4) is 10.6 Å². The quantitative estimate of drug-likeness (QED) is 0.780. The van der Waals surface area contributed by atoms with E-state index in [-0.39, 0.29) is 18.8 Å². The Kier molecular flexibility index (Phi) is 4.03. The van der Waals surface area contributed by atoms with Crippen molar-refractivity contribution in [1.29, 1.82) is 0 Å². The van der Waals surface area contributed by atoms with E-state index < -0.39 is 12.6 Å². The van der Waals surface area contributed by atoms with Gasteiger partial charge in [-0.25, -0.2) is 13.9 Å². The molecule has 0 fully saturated rings. The molecule has 0 saturated heterocycles. The fourth-order valence-corrected chi connectivity index (χ4v) is 2.32. The summed E-state index contributed by atoms with van der Waals surface area (Å²) in [4.78, 5) is 12.6. The molecule has 0 radical (unpaired) electrons. The van der Waals surface area contributed by atoms with Crippen LogP contribution in [0.25, 0.3) is 10.6 Å². The smallest absolute Gasteiger partial charge is 0.361 e. The number of alkyl halides is 1. The summed E-state index contributed by atoms with van der Waals surface area (Å²) in [6.07, 6.45) is 0. The maximum absolute atomic E-state index is 12.5. The Hall–Kier alpha value is -1.76. The monoisotopic (exact) mass is 269 g/mol. The molecule has 5 nitrogen and oxygen atoms in total. The lowest BCUT2D eigenvalue weighted by atomic mass is 10.2. The minimum Gasteiger partial charge on any atom is -0.461 e. The summed E-state index contributed by atoms with van der Waals surface area (Å²) in [5, 5.41) is 9.46. The second-order valence-corrected chi connectivity index (χ2v) is 4.34. The molecule has 0 aliphatic heterocycles. The van der Waals surface area contributed by atoms with Gasteiger partial charge in [-0.15, -0.1) is 16.4 Å². The van der Waals surface area contributed by atoms with Gasteiger partial charge in [-0.05, 0) is 18.4 Å². The minimum atomic E-state index is -0.565. The molecule has 0 atom stereocenters. The third kappa shape index (κ3) is 2.40. The van der Waals surface area contributed by atoms with Gasteiger partial charge in [0.2, 0.25) is 0 Å². The molecule has 0 amide bonds. The number of nitrogens with zero attached hydrogens (tertiary/aromatic N) is 3. The number of aryl methyl sites for hydroxylation is 1. The van der Waals surface area contributed by atoms with Crippen LogP contribution < -0.4 is 0 Å². The maximum atomic E-state index is 12.5. The molecule has 0 aliphatic carbocycles. The van der Waals surface area contributed by atoms with Crippen molar-refractivity contribution in [1.82, 2.24) is 15.0 Å². The highest BCUT2D eigenvalue weighted by Gasteiger charge is 2.22. The van der Waals surface area contributed by atoms with E-state index in [0.29, 0.717) is 5.69 Å². The van der Waals surface area contributed by atoms with Crippen molar-refractivity contribution in [3.63, 3.8) is 0 Å². The van der Waals surface area contributed by atoms with Crippen molar-refractivity contribution >= 4 is 17.3 Å². The molecule has 0 saturated carbocycles. The summed E-state index contributed by atoms with van der Waals surface area (Å²) in [6.45, 7) is 1.48. The number of thiophene rings is 1. The lowest BCUT2D eigenvalue weighted by molar-refractivity contribution is 0.0520. The van der Waals surface area contributed by atoms with Crippen LogP contribution in [-0.2, 0) is 11.3 Å². The lowest BCUT2D eigenvalue weighted by Gasteiger charge is -2.04. The summed E-state index contributed by atoms with van der Waals surface area (Å²) in [5.41, 5.74) is 0.647. The summed E-state index contributed by atoms with van der Waals surface area (Å²) in [5.74, 6) is -0.536. The molecule has 2 rings (SSSR count). The molecular weight excluding hydrogens is 257 g/mol.